The van der Waals surface area contributed by atoms with E-state index >= 15 is 0 Å². The maximum atomic E-state index is 13.0. The Labute approximate surface area is 156 Å². The van der Waals surface area contributed by atoms with Crippen LogP contribution in [0.2, 0.25) is 5.02 Å². The third-order valence-corrected chi connectivity index (χ3v) is 4.46. The summed E-state index contributed by atoms with van der Waals surface area (Å²) in [5, 5.41) is 3.38. The Morgan fingerprint density at radius 2 is 1.73 bits per heavy atom. The van der Waals surface area contributed by atoms with E-state index in [9.17, 15) is 14.0 Å². The Balaban J connectivity index is 1.48. The Bertz CT molecular complexity index is 790. The number of hydrogen-bond acceptors (Lipinski definition) is 3. The molecule has 0 unspecified atom stereocenters. The number of anilines is 1. The van der Waals surface area contributed by atoms with E-state index in [0.717, 1.165) is 0 Å². The minimum absolute atomic E-state index is 0.118. The molecule has 136 valence electrons. The molecule has 2 aromatic rings. The van der Waals surface area contributed by atoms with Crippen LogP contribution in [0.4, 0.5) is 10.1 Å². The molecule has 0 radical (unpaired) electrons. The summed E-state index contributed by atoms with van der Waals surface area (Å²) in [5.41, 5.74) is 1.13. The summed E-state index contributed by atoms with van der Waals surface area (Å²) in [5.74, 6) is -0.601. The summed E-state index contributed by atoms with van der Waals surface area (Å²) in [4.78, 5) is 28.3. The third-order valence-electron chi connectivity index (χ3n) is 4.23. The molecular weight excluding hydrogens is 357 g/mol. The maximum absolute atomic E-state index is 13.0. The van der Waals surface area contributed by atoms with Crippen molar-refractivity contribution in [2.24, 2.45) is 0 Å². The predicted octanol–water partition coefficient (Wildman–Crippen LogP) is 2.88. The van der Waals surface area contributed by atoms with Crippen LogP contribution in [0, 0.1) is 5.82 Å². The van der Waals surface area contributed by atoms with Crippen molar-refractivity contribution < 1.29 is 14.0 Å². The normalized spacial score (nSPS) is 14.9. The number of rotatable bonds is 4. The number of nitrogens with zero attached hydrogens (tertiary/aromatic N) is 2. The summed E-state index contributed by atoms with van der Waals surface area (Å²) < 4.78 is 13.0. The van der Waals surface area contributed by atoms with E-state index in [1.165, 1.54) is 24.3 Å². The number of nitrogens with one attached hydrogen (secondary N) is 1. The fraction of sp³-hybridized carbons (Fsp3) is 0.263. The lowest BCUT2D eigenvalue weighted by molar-refractivity contribution is -0.117. The average Bonchev–Trinajstić information content (AvgIpc) is 2.62. The zero-order chi connectivity index (χ0) is 18.5. The molecule has 26 heavy (non-hydrogen) atoms. The average molecular weight is 376 g/mol. The van der Waals surface area contributed by atoms with E-state index in [1.54, 1.807) is 29.2 Å². The molecule has 1 saturated heterocycles. The van der Waals surface area contributed by atoms with E-state index in [-0.39, 0.29) is 24.2 Å². The molecule has 0 saturated carbocycles. The van der Waals surface area contributed by atoms with Gasteiger partial charge < -0.3 is 10.2 Å². The van der Waals surface area contributed by atoms with Crippen molar-refractivity contribution in [2.45, 2.75) is 0 Å². The van der Waals surface area contributed by atoms with Crippen LogP contribution < -0.4 is 5.32 Å². The second kappa shape index (κ2) is 8.29. The fourth-order valence-corrected chi connectivity index (χ4v) is 3.04. The summed E-state index contributed by atoms with van der Waals surface area (Å²) in [6, 6.07) is 12.5. The first-order valence-corrected chi connectivity index (χ1v) is 8.72. The minimum atomic E-state index is -0.364. The molecule has 3 rings (SSSR count). The lowest BCUT2D eigenvalue weighted by Gasteiger charge is -2.34. The highest BCUT2D eigenvalue weighted by molar-refractivity contribution is 6.30. The van der Waals surface area contributed by atoms with Gasteiger partial charge in [0.1, 0.15) is 5.82 Å². The van der Waals surface area contributed by atoms with Gasteiger partial charge in [0.2, 0.25) is 5.91 Å². The monoisotopic (exact) mass is 375 g/mol. The second-order valence-electron chi connectivity index (χ2n) is 6.13. The zero-order valence-electron chi connectivity index (χ0n) is 14.1. The first-order valence-electron chi connectivity index (χ1n) is 8.34. The summed E-state index contributed by atoms with van der Waals surface area (Å²) >= 11 is 5.91. The van der Waals surface area contributed by atoms with Gasteiger partial charge in [0.15, 0.2) is 0 Å². The molecule has 0 aromatic heterocycles. The number of amides is 2. The summed E-state index contributed by atoms with van der Waals surface area (Å²) in [6.07, 6.45) is 0. The standard InChI is InChI=1S/C19H19ClFN3O2/c20-15-2-1-3-17(12-15)22-18(25)13-23-8-10-24(11-9-23)19(26)14-4-6-16(21)7-5-14/h1-7,12H,8-11,13H2,(H,22,25). The molecule has 0 aliphatic carbocycles. The van der Waals surface area contributed by atoms with Gasteiger partial charge >= 0.3 is 0 Å². The van der Waals surface area contributed by atoms with Crippen LogP contribution in [0.1, 0.15) is 10.4 Å². The van der Waals surface area contributed by atoms with Crippen LogP contribution in [-0.2, 0) is 4.79 Å². The lowest BCUT2D eigenvalue weighted by atomic mass is 10.2. The number of hydrogen-bond donors (Lipinski definition) is 1. The molecule has 1 heterocycles. The van der Waals surface area contributed by atoms with Crippen molar-refractivity contribution in [1.29, 1.82) is 0 Å². The van der Waals surface area contributed by atoms with Gasteiger partial charge in [0.25, 0.3) is 5.91 Å². The molecule has 0 bridgehead atoms. The van der Waals surface area contributed by atoms with E-state index in [1.807, 2.05) is 4.90 Å². The molecule has 5 nitrogen and oxygen atoms in total. The Kier molecular flexibility index (Phi) is 5.85. The number of piperazine rings is 1. The van der Waals surface area contributed by atoms with Crippen LogP contribution in [0.15, 0.2) is 48.5 Å². The molecule has 7 heteroatoms. The maximum Gasteiger partial charge on any atom is 0.253 e. The molecular formula is C19H19ClFN3O2. The van der Waals surface area contributed by atoms with Gasteiger partial charge in [-0.3, -0.25) is 14.5 Å². The molecule has 1 aliphatic heterocycles. The van der Waals surface area contributed by atoms with Gasteiger partial charge in [0, 0.05) is 42.5 Å². The molecule has 0 spiro atoms. The van der Waals surface area contributed by atoms with E-state index in [2.05, 4.69) is 5.32 Å². The lowest BCUT2D eigenvalue weighted by Crippen LogP contribution is -2.50. The quantitative estimate of drug-likeness (QED) is 0.894. The van der Waals surface area contributed by atoms with E-state index in [0.29, 0.717) is 42.5 Å². The van der Waals surface area contributed by atoms with Gasteiger partial charge in [-0.2, -0.15) is 0 Å². The van der Waals surface area contributed by atoms with Gasteiger partial charge in [0.05, 0.1) is 6.54 Å². The van der Waals surface area contributed by atoms with Crippen molar-refractivity contribution in [1.82, 2.24) is 9.80 Å². The zero-order valence-corrected chi connectivity index (χ0v) is 14.9. The molecule has 2 aromatic carbocycles. The van der Waals surface area contributed by atoms with E-state index in [4.69, 9.17) is 11.6 Å². The highest BCUT2D eigenvalue weighted by Crippen LogP contribution is 2.15. The highest BCUT2D eigenvalue weighted by Gasteiger charge is 2.23. The van der Waals surface area contributed by atoms with Gasteiger partial charge in [-0.25, -0.2) is 4.39 Å². The molecule has 1 aliphatic rings. The van der Waals surface area contributed by atoms with Gasteiger partial charge in [-0.05, 0) is 42.5 Å². The smallest absolute Gasteiger partial charge is 0.253 e. The number of carbonyl (C=O) groups is 2. The first kappa shape index (κ1) is 18.4. The van der Waals surface area contributed by atoms with Crippen LogP contribution >= 0.6 is 11.6 Å². The van der Waals surface area contributed by atoms with E-state index < -0.39 is 0 Å². The van der Waals surface area contributed by atoms with Crippen LogP contribution in [0.5, 0.6) is 0 Å². The van der Waals surface area contributed by atoms with Crippen LogP contribution in [-0.4, -0.2) is 54.3 Å². The number of benzene rings is 2. The predicted molar refractivity (Wildman–Crippen MR) is 98.8 cm³/mol. The number of carbonyl (C=O) groups excluding carboxylic acids is 2. The van der Waals surface area contributed by atoms with Crippen LogP contribution in [0.25, 0.3) is 0 Å². The summed E-state index contributed by atoms with van der Waals surface area (Å²) in [6.45, 7) is 2.53. The van der Waals surface area contributed by atoms with Gasteiger partial charge in [-0.1, -0.05) is 17.7 Å². The Hall–Kier alpha value is -2.44. The summed E-state index contributed by atoms with van der Waals surface area (Å²) in [7, 11) is 0. The largest absolute Gasteiger partial charge is 0.336 e. The van der Waals surface area contributed by atoms with Crippen molar-refractivity contribution in [3.8, 4) is 0 Å². The number of halogens is 2. The highest BCUT2D eigenvalue weighted by atomic mass is 35.5. The van der Waals surface area contributed by atoms with Crippen LogP contribution in [0.3, 0.4) is 0 Å². The first-order chi connectivity index (χ1) is 12.5. The Morgan fingerprint density at radius 1 is 1.04 bits per heavy atom. The second-order valence-corrected chi connectivity index (χ2v) is 6.57. The van der Waals surface area contributed by atoms with Crippen molar-refractivity contribution in [3.05, 3.63) is 64.9 Å². The topological polar surface area (TPSA) is 52.7 Å². The minimum Gasteiger partial charge on any atom is -0.336 e. The molecule has 0 atom stereocenters. The third kappa shape index (κ3) is 4.80. The Morgan fingerprint density at radius 3 is 2.38 bits per heavy atom. The molecule has 2 amide bonds. The fourth-order valence-electron chi connectivity index (χ4n) is 2.85. The van der Waals surface area contributed by atoms with Crippen molar-refractivity contribution >= 4 is 29.1 Å². The van der Waals surface area contributed by atoms with Crippen molar-refractivity contribution in [3.63, 3.8) is 0 Å². The SMILES string of the molecule is O=C(CN1CCN(C(=O)c2ccc(F)cc2)CC1)Nc1cccc(Cl)c1. The van der Waals surface area contributed by atoms with Crippen molar-refractivity contribution in [2.75, 3.05) is 38.0 Å². The van der Waals surface area contributed by atoms with Gasteiger partial charge in [-0.15, -0.1) is 0 Å². The molecule has 1 N–H and O–H groups in total. The molecule has 1 fully saturated rings.